The lowest BCUT2D eigenvalue weighted by Gasteiger charge is -2.20. The summed E-state index contributed by atoms with van der Waals surface area (Å²) in [6.45, 7) is 3.49. The van der Waals surface area contributed by atoms with Gasteiger partial charge in [0.15, 0.2) is 5.60 Å². The van der Waals surface area contributed by atoms with Crippen molar-refractivity contribution >= 4 is 11.9 Å². The minimum Gasteiger partial charge on any atom is -0.481 e. The van der Waals surface area contributed by atoms with Gasteiger partial charge in [0.05, 0.1) is 6.42 Å². The van der Waals surface area contributed by atoms with Crippen LogP contribution >= 0.6 is 0 Å². The number of carbonyl (C=O) groups is 2. The predicted octanol–water partition coefficient (Wildman–Crippen LogP) is -0.147. The maximum Gasteiger partial charge on any atom is 0.336 e. The molecule has 1 aliphatic rings. The van der Waals surface area contributed by atoms with E-state index >= 15 is 0 Å². The third-order valence-corrected chi connectivity index (χ3v) is 2.17. The zero-order chi connectivity index (χ0) is 10.2. The van der Waals surface area contributed by atoms with Gasteiger partial charge in [-0.05, 0) is 6.42 Å². The smallest absolute Gasteiger partial charge is 0.336 e. The summed E-state index contributed by atoms with van der Waals surface area (Å²) in [6, 6.07) is 0. The molecule has 3 N–H and O–H groups in total. The largest absolute Gasteiger partial charge is 0.481 e. The summed E-state index contributed by atoms with van der Waals surface area (Å²) >= 11 is 0. The Morgan fingerprint density at radius 2 is 2.00 bits per heavy atom. The van der Waals surface area contributed by atoms with Crippen LogP contribution in [0.2, 0.25) is 0 Å². The quantitative estimate of drug-likeness (QED) is 0.531. The molecule has 0 aliphatic heterocycles. The fraction of sp³-hybridized carbons (Fsp3) is 0.500. The van der Waals surface area contributed by atoms with E-state index in [9.17, 15) is 14.7 Å². The van der Waals surface area contributed by atoms with Crippen LogP contribution in [0.15, 0.2) is 12.2 Å². The van der Waals surface area contributed by atoms with Crippen LogP contribution in [0.1, 0.15) is 12.8 Å². The number of rotatable bonds is 4. The number of carboxylic acids is 2. The van der Waals surface area contributed by atoms with Gasteiger partial charge in [0.2, 0.25) is 0 Å². The molecule has 0 amide bonds. The van der Waals surface area contributed by atoms with Crippen LogP contribution in [0, 0.1) is 5.92 Å². The first kappa shape index (κ1) is 9.73. The molecule has 5 heteroatoms. The summed E-state index contributed by atoms with van der Waals surface area (Å²) in [4.78, 5) is 20.9. The number of hydrogen-bond acceptors (Lipinski definition) is 3. The second-order valence-corrected chi connectivity index (χ2v) is 3.21. The second kappa shape index (κ2) is 2.85. The first-order chi connectivity index (χ1) is 5.88. The Kier molecular flexibility index (Phi) is 2.13. The van der Waals surface area contributed by atoms with Crippen molar-refractivity contribution in [3.63, 3.8) is 0 Å². The zero-order valence-electron chi connectivity index (χ0n) is 6.86. The van der Waals surface area contributed by atoms with Crippen LogP contribution in [0.5, 0.6) is 0 Å². The summed E-state index contributed by atoms with van der Waals surface area (Å²) in [5, 5.41) is 26.6. The van der Waals surface area contributed by atoms with Crippen LogP contribution in [-0.4, -0.2) is 32.9 Å². The minimum absolute atomic E-state index is 0.385. The molecule has 0 radical (unpaired) electrons. The maximum absolute atomic E-state index is 10.6. The summed E-state index contributed by atoms with van der Waals surface area (Å²) in [6.07, 6.45) is -0.401. The fourth-order valence-corrected chi connectivity index (χ4v) is 1.29. The Morgan fingerprint density at radius 3 is 2.23 bits per heavy atom. The molecule has 0 aromatic carbocycles. The molecule has 1 fully saturated rings. The molecular formula is C8H10O5. The van der Waals surface area contributed by atoms with Gasteiger partial charge in [-0.1, -0.05) is 12.2 Å². The van der Waals surface area contributed by atoms with Gasteiger partial charge in [-0.15, -0.1) is 0 Å². The summed E-state index contributed by atoms with van der Waals surface area (Å²) in [5.74, 6) is -3.44. The van der Waals surface area contributed by atoms with Crippen LogP contribution < -0.4 is 0 Å². The molecule has 1 saturated carbocycles. The van der Waals surface area contributed by atoms with Gasteiger partial charge in [0, 0.05) is 5.92 Å². The minimum atomic E-state index is -2.18. The number of aliphatic carboxylic acids is 2. The zero-order valence-corrected chi connectivity index (χ0v) is 6.86. The maximum atomic E-state index is 10.6. The van der Waals surface area contributed by atoms with Gasteiger partial charge in [0.1, 0.15) is 0 Å². The Morgan fingerprint density at radius 1 is 1.54 bits per heavy atom. The van der Waals surface area contributed by atoms with Gasteiger partial charge >= 0.3 is 11.9 Å². The lowest BCUT2D eigenvalue weighted by Crippen LogP contribution is -2.43. The molecule has 0 bridgehead atoms. The van der Waals surface area contributed by atoms with Crippen molar-refractivity contribution < 1.29 is 24.9 Å². The van der Waals surface area contributed by atoms with Gasteiger partial charge in [-0.25, -0.2) is 4.79 Å². The van der Waals surface area contributed by atoms with Crippen molar-refractivity contribution in [2.45, 2.75) is 18.4 Å². The van der Waals surface area contributed by atoms with E-state index in [4.69, 9.17) is 10.2 Å². The van der Waals surface area contributed by atoms with Crippen molar-refractivity contribution in [1.82, 2.24) is 0 Å². The molecule has 2 unspecified atom stereocenters. The summed E-state index contributed by atoms with van der Waals surface area (Å²) in [7, 11) is 0. The van der Waals surface area contributed by atoms with Crippen LogP contribution in [0.4, 0.5) is 0 Å². The highest BCUT2D eigenvalue weighted by atomic mass is 16.4. The van der Waals surface area contributed by atoms with Crippen molar-refractivity contribution in [1.29, 1.82) is 0 Å². The van der Waals surface area contributed by atoms with E-state index in [-0.39, 0.29) is 0 Å². The van der Waals surface area contributed by atoms with Crippen LogP contribution in [-0.2, 0) is 9.59 Å². The molecule has 0 heterocycles. The second-order valence-electron chi connectivity index (χ2n) is 3.21. The lowest BCUT2D eigenvalue weighted by atomic mass is 9.93. The average Bonchev–Trinajstić information content (AvgIpc) is 2.65. The molecule has 0 aromatic rings. The molecule has 2 atom stereocenters. The molecule has 72 valence electrons. The van der Waals surface area contributed by atoms with Gasteiger partial charge in [-0.3, -0.25) is 4.79 Å². The predicted molar refractivity (Wildman–Crippen MR) is 42.1 cm³/mol. The van der Waals surface area contributed by atoms with E-state index in [2.05, 4.69) is 6.58 Å². The van der Waals surface area contributed by atoms with Crippen LogP contribution in [0.25, 0.3) is 0 Å². The van der Waals surface area contributed by atoms with Crippen molar-refractivity contribution in [2.75, 3.05) is 0 Å². The van der Waals surface area contributed by atoms with Crippen molar-refractivity contribution in [3.8, 4) is 0 Å². The average molecular weight is 186 g/mol. The van der Waals surface area contributed by atoms with Gasteiger partial charge in [0.25, 0.3) is 0 Å². The monoisotopic (exact) mass is 186 g/mol. The third-order valence-electron chi connectivity index (χ3n) is 2.17. The fourth-order valence-electron chi connectivity index (χ4n) is 1.29. The molecule has 1 rings (SSSR count). The third kappa shape index (κ3) is 1.70. The SMILES string of the molecule is C=C1CC1C(O)(CC(=O)O)C(=O)O. The Balaban J connectivity index is 2.81. The van der Waals surface area contributed by atoms with E-state index in [0.717, 1.165) is 0 Å². The van der Waals surface area contributed by atoms with E-state index in [1.54, 1.807) is 0 Å². The van der Waals surface area contributed by atoms with E-state index < -0.39 is 29.9 Å². The normalized spacial score (nSPS) is 25.0. The molecule has 13 heavy (non-hydrogen) atoms. The van der Waals surface area contributed by atoms with E-state index in [1.807, 2.05) is 0 Å². The highest BCUT2D eigenvalue weighted by Gasteiger charge is 2.53. The van der Waals surface area contributed by atoms with Crippen molar-refractivity contribution in [3.05, 3.63) is 12.2 Å². The molecule has 0 aromatic heterocycles. The molecule has 5 nitrogen and oxygen atoms in total. The highest BCUT2D eigenvalue weighted by molar-refractivity contribution is 5.85. The summed E-state index contributed by atoms with van der Waals surface area (Å²) in [5.41, 5.74) is -1.59. The standard InChI is InChI=1S/C8H10O5/c1-4-2-5(4)8(13,7(11)12)3-6(9)10/h5,13H,1-3H2,(H,9,10)(H,11,12). The number of hydrogen-bond donors (Lipinski definition) is 3. The topological polar surface area (TPSA) is 94.8 Å². The number of aliphatic hydroxyl groups is 1. The Hall–Kier alpha value is -1.36. The first-order valence-corrected chi connectivity index (χ1v) is 3.73. The molecule has 1 aliphatic carbocycles. The van der Waals surface area contributed by atoms with Gasteiger partial charge in [-0.2, -0.15) is 0 Å². The van der Waals surface area contributed by atoms with Gasteiger partial charge < -0.3 is 15.3 Å². The lowest BCUT2D eigenvalue weighted by molar-refractivity contribution is -0.167. The Bertz CT molecular complexity index is 282. The molecular weight excluding hydrogens is 176 g/mol. The number of carboxylic acid groups (broad SMARTS) is 2. The first-order valence-electron chi connectivity index (χ1n) is 3.73. The van der Waals surface area contributed by atoms with Crippen molar-refractivity contribution in [2.24, 2.45) is 5.92 Å². The van der Waals surface area contributed by atoms with E-state index in [1.165, 1.54) is 0 Å². The molecule has 0 saturated heterocycles. The Labute approximate surface area is 74.3 Å². The summed E-state index contributed by atoms with van der Waals surface area (Å²) < 4.78 is 0. The van der Waals surface area contributed by atoms with Crippen LogP contribution in [0.3, 0.4) is 0 Å². The molecule has 0 spiro atoms. The van der Waals surface area contributed by atoms with E-state index in [0.29, 0.717) is 12.0 Å². The highest BCUT2D eigenvalue weighted by Crippen LogP contribution is 2.46.